The number of halogens is 4. The predicted octanol–water partition coefficient (Wildman–Crippen LogP) is 7.21. The summed E-state index contributed by atoms with van der Waals surface area (Å²) in [5.74, 6) is -0.620. The fourth-order valence-corrected chi connectivity index (χ4v) is 3.10. The zero-order chi connectivity index (χ0) is 22.9. The maximum atomic E-state index is 12.7. The van der Waals surface area contributed by atoms with E-state index >= 15 is 0 Å². The van der Waals surface area contributed by atoms with E-state index in [0.717, 1.165) is 12.1 Å². The molecule has 3 N–H and O–H groups in total. The summed E-state index contributed by atoms with van der Waals surface area (Å²) in [5.41, 5.74) is 0.860. The van der Waals surface area contributed by atoms with Crippen LogP contribution in [0.1, 0.15) is 15.9 Å². The monoisotopic (exact) mass is 458 g/mol. The molecule has 0 atom stereocenters. The van der Waals surface area contributed by atoms with Crippen molar-refractivity contribution in [1.82, 2.24) is 4.98 Å². The lowest BCUT2D eigenvalue weighted by Crippen LogP contribution is -2.11. The van der Waals surface area contributed by atoms with Crippen molar-refractivity contribution in [2.75, 3.05) is 5.32 Å². The maximum absolute atomic E-state index is 12.7. The van der Waals surface area contributed by atoms with Crippen molar-refractivity contribution in [2.45, 2.75) is 6.18 Å². The van der Waals surface area contributed by atoms with Crippen LogP contribution in [0.25, 0.3) is 10.9 Å². The van der Waals surface area contributed by atoms with Crippen molar-refractivity contribution in [3.8, 4) is 5.88 Å². The third kappa shape index (κ3) is 4.57. The number of rotatable bonds is 4. The number of nitrogens with zero attached hydrogens (tertiary/aromatic N) is 2. The zero-order valence-electron chi connectivity index (χ0n) is 16.1. The molecule has 0 unspecified atom stereocenters. The van der Waals surface area contributed by atoms with E-state index in [1.165, 1.54) is 12.1 Å². The summed E-state index contributed by atoms with van der Waals surface area (Å²) >= 11 is 5.84. The molecule has 0 saturated carbocycles. The van der Waals surface area contributed by atoms with E-state index in [-0.39, 0.29) is 23.2 Å². The van der Waals surface area contributed by atoms with Crippen LogP contribution in [0.3, 0.4) is 0 Å². The number of aromatic hydroxyl groups is 1. The Morgan fingerprint density at radius 3 is 2.31 bits per heavy atom. The SMILES string of the molecule is O=C(Nc1ccc2[nH]c(O)c(N=Nc3ccc(C(F)(F)F)cc3)c2c1)c1ccc(Cl)cc1. The van der Waals surface area contributed by atoms with E-state index in [9.17, 15) is 23.1 Å². The number of hydrogen-bond donors (Lipinski definition) is 3. The average molecular weight is 459 g/mol. The van der Waals surface area contributed by atoms with Crippen LogP contribution in [0.5, 0.6) is 5.88 Å². The first-order valence-corrected chi connectivity index (χ1v) is 9.59. The van der Waals surface area contributed by atoms with Gasteiger partial charge in [0.2, 0.25) is 5.88 Å². The van der Waals surface area contributed by atoms with Gasteiger partial charge in [0, 0.05) is 21.7 Å². The van der Waals surface area contributed by atoms with Gasteiger partial charge >= 0.3 is 6.18 Å². The summed E-state index contributed by atoms with van der Waals surface area (Å²) in [4.78, 5) is 15.2. The number of hydrogen-bond acceptors (Lipinski definition) is 4. The summed E-state index contributed by atoms with van der Waals surface area (Å²) in [6, 6.07) is 15.4. The molecule has 162 valence electrons. The number of aromatic amines is 1. The average Bonchev–Trinajstić information content (AvgIpc) is 3.06. The Hall–Kier alpha value is -3.85. The highest BCUT2D eigenvalue weighted by molar-refractivity contribution is 6.30. The zero-order valence-corrected chi connectivity index (χ0v) is 16.9. The van der Waals surface area contributed by atoms with E-state index in [2.05, 4.69) is 20.5 Å². The van der Waals surface area contributed by atoms with E-state index in [1.54, 1.807) is 42.5 Å². The van der Waals surface area contributed by atoms with Crippen LogP contribution in [0.4, 0.5) is 30.2 Å². The van der Waals surface area contributed by atoms with Crippen LogP contribution in [0, 0.1) is 0 Å². The second kappa shape index (κ2) is 8.35. The van der Waals surface area contributed by atoms with Crippen LogP contribution < -0.4 is 5.32 Å². The highest BCUT2D eigenvalue weighted by Gasteiger charge is 2.29. The van der Waals surface area contributed by atoms with Crippen LogP contribution in [0.2, 0.25) is 5.02 Å². The summed E-state index contributed by atoms with van der Waals surface area (Å²) in [6.45, 7) is 0. The van der Waals surface area contributed by atoms with Crippen molar-refractivity contribution in [2.24, 2.45) is 10.2 Å². The molecular weight excluding hydrogens is 445 g/mol. The molecule has 32 heavy (non-hydrogen) atoms. The molecule has 10 heteroatoms. The number of H-pyrrole nitrogens is 1. The Bertz CT molecular complexity index is 1310. The number of azo groups is 1. The van der Waals surface area contributed by atoms with Gasteiger partial charge in [-0.05, 0) is 66.7 Å². The number of benzene rings is 3. The minimum absolute atomic E-state index is 0.0856. The fraction of sp³-hybridized carbons (Fsp3) is 0.0455. The first kappa shape index (κ1) is 21.4. The molecule has 6 nitrogen and oxygen atoms in total. The van der Waals surface area contributed by atoms with E-state index < -0.39 is 11.7 Å². The standard InChI is InChI=1S/C22H14ClF3N4O2/c23-14-5-1-12(2-6-14)20(31)27-16-9-10-18-17(11-16)19(21(32)28-18)30-29-15-7-3-13(4-8-15)22(24,25)26/h1-11,28,32H,(H,27,31). The van der Waals surface area contributed by atoms with Gasteiger partial charge < -0.3 is 15.4 Å². The quantitative estimate of drug-likeness (QED) is 0.282. The summed E-state index contributed by atoms with van der Waals surface area (Å²) in [5, 5.41) is 21.8. The topological polar surface area (TPSA) is 89.8 Å². The number of fused-ring (bicyclic) bond motifs is 1. The number of carbonyl (C=O) groups is 1. The molecule has 4 rings (SSSR count). The molecule has 0 saturated heterocycles. The minimum atomic E-state index is -4.45. The number of aromatic nitrogens is 1. The molecule has 0 fully saturated rings. The molecule has 0 aliphatic carbocycles. The van der Waals surface area contributed by atoms with Crippen LogP contribution in [-0.4, -0.2) is 16.0 Å². The molecule has 1 aromatic heterocycles. The van der Waals surface area contributed by atoms with Gasteiger partial charge in [-0.2, -0.15) is 18.3 Å². The largest absolute Gasteiger partial charge is 0.493 e. The van der Waals surface area contributed by atoms with Crippen LogP contribution in [-0.2, 0) is 6.18 Å². The van der Waals surface area contributed by atoms with Gasteiger partial charge in [-0.1, -0.05) is 11.6 Å². The normalized spacial score (nSPS) is 11.9. The van der Waals surface area contributed by atoms with Gasteiger partial charge in [-0.3, -0.25) is 4.79 Å². The molecule has 0 aliphatic heterocycles. The first-order chi connectivity index (χ1) is 15.2. The lowest BCUT2D eigenvalue weighted by Gasteiger charge is -2.06. The van der Waals surface area contributed by atoms with E-state index in [4.69, 9.17) is 11.6 Å². The van der Waals surface area contributed by atoms with Crippen LogP contribution in [0.15, 0.2) is 77.0 Å². The summed E-state index contributed by atoms with van der Waals surface area (Å²) < 4.78 is 38.1. The highest BCUT2D eigenvalue weighted by atomic mass is 35.5. The van der Waals surface area contributed by atoms with E-state index in [1.807, 2.05) is 0 Å². The van der Waals surface area contributed by atoms with Gasteiger partial charge in [0.15, 0.2) is 5.69 Å². The van der Waals surface area contributed by atoms with Gasteiger partial charge in [0.1, 0.15) is 0 Å². The van der Waals surface area contributed by atoms with Crippen molar-refractivity contribution in [3.05, 3.63) is 82.9 Å². The molecular formula is C22H14ClF3N4O2. The van der Waals surface area contributed by atoms with Gasteiger partial charge in [0.25, 0.3) is 5.91 Å². The summed E-state index contributed by atoms with van der Waals surface area (Å²) in [6.07, 6.45) is -4.45. The third-order valence-corrected chi connectivity index (χ3v) is 4.83. The Balaban J connectivity index is 1.59. The number of amides is 1. The highest BCUT2D eigenvalue weighted by Crippen LogP contribution is 2.38. The maximum Gasteiger partial charge on any atom is 0.416 e. The smallest absolute Gasteiger partial charge is 0.416 e. The molecule has 0 spiro atoms. The van der Waals surface area contributed by atoms with E-state index in [0.29, 0.717) is 27.2 Å². The second-order valence-electron chi connectivity index (χ2n) is 6.79. The molecule has 0 bridgehead atoms. The Morgan fingerprint density at radius 2 is 1.66 bits per heavy atom. The molecule has 4 aromatic rings. The van der Waals surface area contributed by atoms with Crippen molar-refractivity contribution in [3.63, 3.8) is 0 Å². The van der Waals surface area contributed by atoms with Crippen molar-refractivity contribution >= 4 is 45.5 Å². The minimum Gasteiger partial charge on any atom is -0.493 e. The first-order valence-electron chi connectivity index (χ1n) is 9.21. The number of nitrogens with one attached hydrogen (secondary N) is 2. The van der Waals surface area contributed by atoms with Gasteiger partial charge in [0.05, 0.1) is 16.8 Å². The third-order valence-electron chi connectivity index (χ3n) is 4.58. The van der Waals surface area contributed by atoms with Gasteiger partial charge in [-0.15, -0.1) is 5.11 Å². The summed E-state index contributed by atoms with van der Waals surface area (Å²) in [7, 11) is 0. The molecule has 1 amide bonds. The lowest BCUT2D eigenvalue weighted by atomic mass is 10.2. The molecule has 1 heterocycles. The molecule has 0 radical (unpaired) electrons. The molecule has 0 aliphatic rings. The predicted molar refractivity (Wildman–Crippen MR) is 115 cm³/mol. The second-order valence-corrected chi connectivity index (χ2v) is 7.22. The van der Waals surface area contributed by atoms with Crippen LogP contribution >= 0.6 is 11.6 Å². The van der Waals surface area contributed by atoms with Crippen molar-refractivity contribution in [1.29, 1.82) is 0 Å². The number of carbonyl (C=O) groups excluding carboxylic acids is 1. The Morgan fingerprint density at radius 1 is 0.969 bits per heavy atom. The molecule has 3 aromatic carbocycles. The Labute approximate surface area is 184 Å². The number of alkyl halides is 3. The Kier molecular flexibility index (Phi) is 5.58. The number of anilines is 1. The van der Waals surface area contributed by atoms with Crippen molar-refractivity contribution < 1.29 is 23.1 Å². The fourth-order valence-electron chi connectivity index (χ4n) is 2.97. The van der Waals surface area contributed by atoms with Gasteiger partial charge in [-0.25, -0.2) is 0 Å². The lowest BCUT2D eigenvalue weighted by molar-refractivity contribution is -0.137.